The monoisotopic (exact) mass is 215 g/mol. The van der Waals surface area contributed by atoms with Crippen molar-refractivity contribution < 1.29 is 17.1 Å². The van der Waals surface area contributed by atoms with Crippen LogP contribution in [0.3, 0.4) is 0 Å². The van der Waals surface area contributed by atoms with E-state index in [0.717, 1.165) is 0 Å². The van der Waals surface area contributed by atoms with Gasteiger partial charge in [-0.05, 0) is 0 Å². The van der Waals surface area contributed by atoms with Crippen LogP contribution in [0.15, 0.2) is 0 Å². The van der Waals surface area contributed by atoms with Crippen molar-refractivity contribution in [1.82, 2.24) is 0 Å². The van der Waals surface area contributed by atoms with Crippen LogP contribution >= 0.6 is 23.4 Å². The summed E-state index contributed by atoms with van der Waals surface area (Å²) in [4.78, 5) is 0. The van der Waals surface area contributed by atoms with Crippen molar-refractivity contribution in [3.63, 3.8) is 0 Å². The van der Waals surface area contributed by atoms with Crippen molar-refractivity contribution in [1.29, 1.82) is 0 Å². The predicted molar refractivity (Wildman–Crippen MR) is 37.4 cm³/mol. The predicted octanol–water partition coefficient (Wildman–Crippen LogP) is -0.706. The summed E-state index contributed by atoms with van der Waals surface area (Å²) in [5.41, 5.74) is 0. The van der Waals surface area contributed by atoms with Gasteiger partial charge < -0.3 is 0 Å². The molecular formula is H4CaFeMgPSSi. The van der Waals surface area contributed by atoms with E-state index in [1.165, 1.54) is 0 Å². The standard InChI is InChI=1S/Ca.Fe.Mg.P.S.Si.4H. The first-order chi connectivity index (χ1) is 0. The summed E-state index contributed by atoms with van der Waals surface area (Å²) in [7, 11) is 0. The zero-order valence-corrected chi connectivity index (χ0v) is 5.52. The van der Waals surface area contributed by atoms with Gasteiger partial charge in [0.2, 0.25) is 0 Å². The molecular weight excluding hydrogens is 211 g/mol. The molecule has 31 valence electrons. The Bertz CT molecular complexity index is 15.5. The SMILES string of the molecule is [CaH2].[Fe].[MgH2].[P].[S].[Si]. The molecule has 0 aromatic rings. The smallest absolute Gasteiger partial charge is 0 e. The molecule has 0 heterocycles. The van der Waals surface area contributed by atoms with Gasteiger partial charge in [0.25, 0.3) is 0 Å². The molecule has 0 saturated carbocycles. The average Bonchev–Trinajstić information content (AvgIpc) is 0. The number of hydrogen-bond acceptors (Lipinski definition) is 0. The normalized spacial score (nSPS) is 0. The van der Waals surface area contributed by atoms with Gasteiger partial charge in [0.15, 0.2) is 0 Å². The number of rotatable bonds is 0. The molecule has 0 nitrogen and oxygen atoms in total. The summed E-state index contributed by atoms with van der Waals surface area (Å²) in [5.74, 6) is 0. The van der Waals surface area contributed by atoms with Gasteiger partial charge in [0, 0.05) is 51.4 Å². The van der Waals surface area contributed by atoms with Crippen LogP contribution in [0.2, 0.25) is 0 Å². The molecule has 0 saturated heterocycles. The molecule has 0 aromatic heterocycles. The van der Waals surface area contributed by atoms with E-state index in [9.17, 15) is 0 Å². The van der Waals surface area contributed by atoms with Gasteiger partial charge in [-0.15, -0.1) is 0 Å². The third-order valence-electron chi connectivity index (χ3n) is 0. The average molecular weight is 215 g/mol. The fourth-order valence-corrected chi connectivity index (χ4v) is 0. The van der Waals surface area contributed by atoms with Crippen LogP contribution < -0.4 is 0 Å². The molecule has 0 rings (SSSR count). The van der Waals surface area contributed by atoms with Crippen LogP contribution in [0.1, 0.15) is 0 Å². The van der Waals surface area contributed by atoms with E-state index >= 15 is 0 Å². The molecule has 6 heteroatoms. The Hall–Kier alpha value is 3.54. The van der Waals surface area contributed by atoms with E-state index < -0.39 is 0 Å². The van der Waals surface area contributed by atoms with E-state index in [1.54, 1.807) is 0 Å². The first-order valence-electron chi connectivity index (χ1n) is 0. The summed E-state index contributed by atoms with van der Waals surface area (Å²) in [6.45, 7) is 0. The molecule has 0 aliphatic carbocycles. The minimum absolute atomic E-state index is 0. The third-order valence-corrected chi connectivity index (χ3v) is 0. The zero-order valence-electron chi connectivity index (χ0n) is 1.71. The van der Waals surface area contributed by atoms with Crippen LogP contribution in [0.5, 0.6) is 0 Å². The van der Waals surface area contributed by atoms with Crippen molar-refractivity contribution in [2.24, 2.45) is 0 Å². The molecule has 0 aliphatic heterocycles. The van der Waals surface area contributed by atoms with E-state index in [4.69, 9.17) is 0 Å². The minimum atomic E-state index is 0. The van der Waals surface area contributed by atoms with Gasteiger partial charge in [-0.2, -0.15) is 0 Å². The molecule has 0 spiro atoms. The second-order valence-electron chi connectivity index (χ2n) is 0. The van der Waals surface area contributed by atoms with Crippen LogP contribution in [-0.4, -0.2) is 71.8 Å². The minimum Gasteiger partial charge on any atom is 0 e. The largest absolute Gasteiger partial charge is 0.316 e. The van der Waals surface area contributed by atoms with Gasteiger partial charge >= 0.3 is 60.8 Å². The fraction of sp³-hybridized carbons (Fsp3) is 0. The summed E-state index contributed by atoms with van der Waals surface area (Å²) in [6.07, 6.45) is 0. The summed E-state index contributed by atoms with van der Waals surface area (Å²) in [5, 5.41) is 0. The Morgan fingerprint density at radius 3 is 1.00 bits per heavy atom. The maximum absolute atomic E-state index is 0. The molecule has 0 aliphatic rings. The third kappa shape index (κ3) is 25.7. The topological polar surface area (TPSA) is 0 Å². The molecule has 9 radical (unpaired) electrons. The first kappa shape index (κ1) is 55.5. The van der Waals surface area contributed by atoms with Crippen LogP contribution in [-0.2, 0) is 17.1 Å². The van der Waals surface area contributed by atoms with E-state index in [2.05, 4.69) is 0 Å². The Kier molecular flexibility index (Phi) is 358. The molecule has 0 aromatic carbocycles. The maximum Gasteiger partial charge on any atom is 0.316 e. The first-order valence-corrected chi connectivity index (χ1v) is 0. The van der Waals surface area contributed by atoms with Crippen LogP contribution in [0.4, 0.5) is 0 Å². The fourth-order valence-electron chi connectivity index (χ4n) is 0. The van der Waals surface area contributed by atoms with E-state index in [-0.39, 0.29) is 112 Å². The Morgan fingerprint density at radius 2 is 1.00 bits per heavy atom. The van der Waals surface area contributed by atoms with Crippen LogP contribution in [0.25, 0.3) is 0 Å². The Morgan fingerprint density at radius 1 is 1.00 bits per heavy atom. The second kappa shape index (κ2) is 38.7. The molecule has 0 N–H and O–H groups in total. The van der Waals surface area contributed by atoms with Crippen molar-refractivity contribution in [2.45, 2.75) is 0 Å². The molecule has 0 atom stereocenters. The number of hydrogen-bond donors (Lipinski definition) is 0. The van der Waals surface area contributed by atoms with Crippen molar-refractivity contribution in [3.05, 3.63) is 0 Å². The quantitative estimate of drug-likeness (QED) is 0.370. The van der Waals surface area contributed by atoms with Crippen LogP contribution in [0, 0.1) is 0 Å². The van der Waals surface area contributed by atoms with Gasteiger partial charge in [-0.25, -0.2) is 0 Å². The van der Waals surface area contributed by atoms with Crippen molar-refractivity contribution in [3.8, 4) is 0 Å². The maximum atomic E-state index is 0. The summed E-state index contributed by atoms with van der Waals surface area (Å²) >= 11 is 0. The zero-order chi connectivity index (χ0) is 0. The van der Waals surface area contributed by atoms with Crippen molar-refractivity contribution >= 4 is 95.2 Å². The second-order valence-corrected chi connectivity index (χ2v) is 0. The van der Waals surface area contributed by atoms with Gasteiger partial charge in [-0.1, -0.05) is 0 Å². The van der Waals surface area contributed by atoms with Gasteiger partial charge in [0.1, 0.15) is 0 Å². The van der Waals surface area contributed by atoms with E-state index in [0.29, 0.717) is 0 Å². The molecule has 0 bridgehead atoms. The van der Waals surface area contributed by atoms with Crippen molar-refractivity contribution in [2.75, 3.05) is 0 Å². The summed E-state index contributed by atoms with van der Waals surface area (Å²) < 4.78 is 0. The van der Waals surface area contributed by atoms with E-state index in [1.807, 2.05) is 0 Å². The molecule has 0 fully saturated rings. The Labute approximate surface area is 110 Å². The van der Waals surface area contributed by atoms with Gasteiger partial charge in [0.05, 0.1) is 0 Å². The van der Waals surface area contributed by atoms with Gasteiger partial charge in [-0.3, -0.25) is 0 Å². The molecule has 0 unspecified atom stereocenters. The molecule has 0 amide bonds. The Balaban J connectivity index is 0. The molecule has 6 heavy (non-hydrogen) atoms. The summed E-state index contributed by atoms with van der Waals surface area (Å²) in [6, 6.07) is 0.